The van der Waals surface area contributed by atoms with E-state index in [4.69, 9.17) is 4.74 Å². The van der Waals surface area contributed by atoms with E-state index in [1.54, 1.807) is 6.20 Å². The summed E-state index contributed by atoms with van der Waals surface area (Å²) < 4.78 is 6.26. The van der Waals surface area contributed by atoms with Crippen molar-refractivity contribution in [1.29, 1.82) is 0 Å². The summed E-state index contributed by atoms with van der Waals surface area (Å²) in [4.78, 5) is 16.0. The summed E-state index contributed by atoms with van der Waals surface area (Å²) in [5.74, 6) is 0.306. The summed E-state index contributed by atoms with van der Waals surface area (Å²) in [5, 5.41) is 6.27. The zero-order valence-electron chi connectivity index (χ0n) is 13.9. The van der Waals surface area contributed by atoms with Gasteiger partial charge in [-0.2, -0.15) is 0 Å². The molecule has 22 heavy (non-hydrogen) atoms. The molecule has 1 atom stereocenters. The van der Waals surface area contributed by atoms with Crippen LogP contribution in [-0.2, 0) is 11.3 Å². The summed E-state index contributed by atoms with van der Waals surface area (Å²) in [6, 6.07) is 2.03. The van der Waals surface area contributed by atoms with Crippen LogP contribution in [0.15, 0.2) is 22.9 Å². The van der Waals surface area contributed by atoms with Gasteiger partial charge in [-0.25, -0.2) is 4.79 Å². The first-order valence-electron chi connectivity index (χ1n) is 7.47. The molecule has 0 saturated carbocycles. The molecule has 1 aromatic heterocycles. The third-order valence-electron chi connectivity index (χ3n) is 2.96. The highest BCUT2D eigenvalue weighted by Gasteiger charge is 2.21. The lowest BCUT2D eigenvalue weighted by Gasteiger charge is -2.26. The van der Waals surface area contributed by atoms with Gasteiger partial charge in [0.1, 0.15) is 5.60 Å². The van der Waals surface area contributed by atoms with Crippen LogP contribution in [0.4, 0.5) is 4.79 Å². The van der Waals surface area contributed by atoms with E-state index in [1.807, 2.05) is 33.0 Å². The standard InChI is InChI=1S/C16H26BrN3O2/c1-11(2)14(20-15(21)22-16(3,4)5)10-19-8-12-6-13(17)9-18-7-12/h6-7,9,11,14,19H,8,10H2,1-5H3,(H,20,21). The first-order valence-corrected chi connectivity index (χ1v) is 8.26. The van der Waals surface area contributed by atoms with Crippen molar-refractivity contribution in [2.24, 2.45) is 5.92 Å². The molecule has 1 amide bonds. The molecule has 0 aliphatic rings. The fraction of sp³-hybridized carbons (Fsp3) is 0.625. The van der Waals surface area contributed by atoms with E-state index in [9.17, 15) is 4.79 Å². The third-order valence-corrected chi connectivity index (χ3v) is 3.40. The van der Waals surface area contributed by atoms with Gasteiger partial charge in [-0.3, -0.25) is 4.98 Å². The molecule has 5 nitrogen and oxygen atoms in total. The Morgan fingerprint density at radius 1 is 1.36 bits per heavy atom. The van der Waals surface area contributed by atoms with Crippen molar-refractivity contribution >= 4 is 22.0 Å². The highest BCUT2D eigenvalue weighted by molar-refractivity contribution is 9.10. The van der Waals surface area contributed by atoms with Crippen LogP contribution in [0.3, 0.4) is 0 Å². The predicted molar refractivity (Wildman–Crippen MR) is 91.6 cm³/mol. The van der Waals surface area contributed by atoms with Crippen molar-refractivity contribution in [2.45, 2.75) is 52.8 Å². The summed E-state index contributed by atoms with van der Waals surface area (Å²) in [6.45, 7) is 11.1. The van der Waals surface area contributed by atoms with Crippen molar-refractivity contribution in [3.8, 4) is 0 Å². The maximum Gasteiger partial charge on any atom is 0.407 e. The van der Waals surface area contributed by atoms with E-state index in [1.165, 1.54) is 0 Å². The van der Waals surface area contributed by atoms with E-state index in [-0.39, 0.29) is 12.1 Å². The van der Waals surface area contributed by atoms with Gasteiger partial charge in [-0.15, -0.1) is 0 Å². The molecule has 6 heteroatoms. The number of aromatic nitrogens is 1. The minimum atomic E-state index is -0.485. The van der Waals surface area contributed by atoms with E-state index < -0.39 is 5.60 Å². The Balaban J connectivity index is 2.46. The molecule has 0 spiro atoms. The van der Waals surface area contributed by atoms with Crippen molar-refractivity contribution in [1.82, 2.24) is 15.6 Å². The number of hydrogen-bond donors (Lipinski definition) is 2. The van der Waals surface area contributed by atoms with Gasteiger partial charge in [-0.05, 0) is 54.2 Å². The molecule has 0 aliphatic heterocycles. The average molecular weight is 372 g/mol. The van der Waals surface area contributed by atoms with Crippen LogP contribution in [0.1, 0.15) is 40.2 Å². The first-order chi connectivity index (χ1) is 10.2. The molecule has 2 N–H and O–H groups in total. The monoisotopic (exact) mass is 371 g/mol. The van der Waals surface area contributed by atoms with Crippen molar-refractivity contribution in [3.05, 3.63) is 28.5 Å². The largest absolute Gasteiger partial charge is 0.444 e. The van der Waals surface area contributed by atoms with E-state index in [0.717, 1.165) is 10.0 Å². The van der Waals surface area contributed by atoms with Crippen LogP contribution >= 0.6 is 15.9 Å². The number of pyridine rings is 1. The number of carbonyl (C=O) groups excluding carboxylic acids is 1. The molecule has 1 aromatic rings. The average Bonchev–Trinajstić information content (AvgIpc) is 2.35. The molecule has 0 aromatic carbocycles. The Labute approximate surface area is 141 Å². The van der Waals surface area contributed by atoms with Crippen LogP contribution in [0.2, 0.25) is 0 Å². The lowest BCUT2D eigenvalue weighted by molar-refractivity contribution is 0.0490. The number of ether oxygens (including phenoxy) is 1. The fourth-order valence-corrected chi connectivity index (χ4v) is 2.25. The summed E-state index contributed by atoms with van der Waals surface area (Å²) in [7, 11) is 0. The van der Waals surface area contributed by atoms with Gasteiger partial charge in [0.15, 0.2) is 0 Å². The Hall–Kier alpha value is -1.14. The SMILES string of the molecule is CC(C)C(CNCc1cncc(Br)c1)NC(=O)OC(C)(C)C. The summed E-state index contributed by atoms with van der Waals surface area (Å²) in [5.41, 5.74) is 0.607. The predicted octanol–water partition coefficient (Wildman–Crippen LogP) is 3.48. The molecule has 0 fully saturated rings. The first kappa shape index (κ1) is 18.9. The fourth-order valence-electron chi connectivity index (χ4n) is 1.84. The molecule has 1 rings (SSSR count). The van der Waals surface area contributed by atoms with Crippen LogP contribution in [-0.4, -0.2) is 29.3 Å². The minimum Gasteiger partial charge on any atom is -0.444 e. The number of alkyl carbamates (subject to hydrolysis) is 1. The molecule has 124 valence electrons. The molecular weight excluding hydrogens is 346 g/mol. The van der Waals surface area contributed by atoms with Crippen LogP contribution < -0.4 is 10.6 Å². The number of nitrogens with one attached hydrogen (secondary N) is 2. The maximum absolute atomic E-state index is 11.9. The number of carbonyl (C=O) groups is 1. The second kappa shape index (κ2) is 8.48. The summed E-state index contributed by atoms with van der Waals surface area (Å²) in [6.07, 6.45) is 3.20. The highest BCUT2D eigenvalue weighted by Crippen LogP contribution is 2.10. The quantitative estimate of drug-likeness (QED) is 0.803. The van der Waals surface area contributed by atoms with Gasteiger partial charge in [0.05, 0.1) is 0 Å². The zero-order chi connectivity index (χ0) is 16.8. The van der Waals surface area contributed by atoms with Gasteiger partial charge in [0.25, 0.3) is 0 Å². The highest BCUT2D eigenvalue weighted by atomic mass is 79.9. The van der Waals surface area contributed by atoms with Crippen LogP contribution in [0, 0.1) is 5.92 Å². The van der Waals surface area contributed by atoms with Crippen molar-refractivity contribution in [3.63, 3.8) is 0 Å². The van der Waals surface area contributed by atoms with Gasteiger partial charge in [-0.1, -0.05) is 13.8 Å². The van der Waals surface area contributed by atoms with E-state index in [0.29, 0.717) is 19.0 Å². The molecule has 0 saturated heterocycles. The second-order valence-corrected chi connectivity index (χ2v) is 7.55. The van der Waals surface area contributed by atoms with Gasteiger partial charge in [0.2, 0.25) is 0 Å². The van der Waals surface area contributed by atoms with Crippen molar-refractivity contribution < 1.29 is 9.53 Å². The van der Waals surface area contributed by atoms with E-state index >= 15 is 0 Å². The van der Waals surface area contributed by atoms with Crippen LogP contribution in [0.5, 0.6) is 0 Å². The smallest absolute Gasteiger partial charge is 0.407 e. The topological polar surface area (TPSA) is 63.2 Å². The second-order valence-electron chi connectivity index (χ2n) is 6.64. The number of rotatable bonds is 6. The number of halogens is 1. The Morgan fingerprint density at radius 3 is 2.59 bits per heavy atom. The Kier molecular flexibility index (Phi) is 7.29. The van der Waals surface area contributed by atoms with Crippen molar-refractivity contribution in [2.75, 3.05) is 6.54 Å². The Morgan fingerprint density at radius 2 is 2.05 bits per heavy atom. The van der Waals surface area contributed by atoms with Crippen LogP contribution in [0.25, 0.3) is 0 Å². The molecule has 1 unspecified atom stereocenters. The van der Waals surface area contributed by atoms with Gasteiger partial charge < -0.3 is 15.4 Å². The lowest BCUT2D eigenvalue weighted by Crippen LogP contribution is -2.46. The normalized spacial score (nSPS) is 13.0. The third kappa shape index (κ3) is 7.75. The van der Waals surface area contributed by atoms with Gasteiger partial charge >= 0.3 is 6.09 Å². The minimum absolute atomic E-state index is 0.00922. The Bertz CT molecular complexity index is 487. The maximum atomic E-state index is 11.9. The molecule has 0 bridgehead atoms. The van der Waals surface area contributed by atoms with Gasteiger partial charge in [0, 0.05) is 36.0 Å². The zero-order valence-corrected chi connectivity index (χ0v) is 15.5. The molecular formula is C16H26BrN3O2. The van der Waals surface area contributed by atoms with E-state index in [2.05, 4.69) is 45.4 Å². The summed E-state index contributed by atoms with van der Waals surface area (Å²) >= 11 is 3.40. The molecule has 1 heterocycles. The number of hydrogen-bond acceptors (Lipinski definition) is 4. The number of amides is 1. The molecule has 0 aliphatic carbocycles. The molecule has 0 radical (unpaired) electrons. The lowest BCUT2D eigenvalue weighted by atomic mass is 10.0. The number of nitrogens with zero attached hydrogens (tertiary/aromatic N) is 1.